The minimum absolute atomic E-state index is 0.0151. The molecule has 1 aliphatic heterocycles. The van der Waals surface area contributed by atoms with E-state index in [1.807, 2.05) is 24.6 Å². The SMILES string of the molecule is CC(C)n1cc(C(=N)c2c(N)ccnc2OC2CCOCC2)cc1C(=O)NC1CCC1. The van der Waals surface area contributed by atoms with Gasteiger partial charge in [0.05, 0.1) is 24.5 Å². The van der Waals surface area contributed by atoms with Crippen molar-refractivity contribution >= 4 is 17.3 Å². The highest BCUT2D eigenvalue weighted by atomic mass is 16.5. The fraction of sp³-hybridized carbons (Fsp3) is 0.522. The van der Waals surface area contributed by atoms with Crippen LogP contribution >= 0.6 is 0 Å². The molecule has 2 aliphatic rings. The number of nitrogen functional groups attached to an aromatic ring is 1. The first-order chi connectivity index (χ1) is 14.9. The number of hydrogen-bond acceptors (Lipinski definition) is 6. The summed E-state index contributed by atoms with van der Waals surface area (Å²) >= 11 is 0. The van der Waals surface area contributed by atoms with Gasteiger partial charge in [-0.1, -0.05) is 0 Å². The van der Waals surface area contributed by atoms with Gasteiger partial charge in [0, 0.05) is 48.6 Å². The number of anilines is 1. The number of hydrogen-bond donors (Lipinski definition) is 3. The number of nitrogens with two attached hydrogens (primary N) is 1. The Balaban J connectivity index is 1.63. The third kappa shape index (κ3) is 4.58. The van der Waals surface area contributed by atoms with Crippen LogP contribution in [0.3, 0.4) is 0 Å². The molecule has 4 rings (SSSR count). The second-order valence-corrected chi connectivity index (χ2v) is 8.60. The lowest BCUT2D eigenvalue weighted by atomic mass is 9.93. The summed E-state index contributed by atoms with van der Waals surface area (Å²) in [5.74, 6) is 0.255. The van der Waals surface area contributed by atoms with Gasteiger partial charge in [-0.3, -0.25) is 10.2 Å². The summed E-state index contributed by atoms with van der Waals surface area (Å²) in [6.45, 7) is 5.34. The molecule has 8 nitrogen and oxygen atoms in total. The molecule has 1 amide bonds. The van der Waals surface area contributed by atoms with Crippen molar-refractivity contribution in [2.24, 2.45) is 0 Å². The zero-order valence-electron chi connectivity index (χ0n) is 18.2. The lowest BCUT2D eigenvalue weighted by molar-refractivity contribution is 0.0237. The van der Waals surface area contributed by atoms with Gasteiger partial charge in [-0.25, -0.2) is 4.98 Å². The first-order valence-electron chi connectivity index (χ1n) is 11.0. The second kappa shape index (κ2) is 9.09. The number of aromatic nitrogens is 2. The van der Waals surface area contributed by atoms with Crippen LogP contribution in [0, 0.1) is 5.41 Å². The topological polar surface area (TPSA) is 115 Å². The van der Waals surface area contributed by atoms with Gasteiger partial charge < -0.3 is 25.1 Å². The van der Waals surface area contributed by atoms with Gasteiger partial charge in [0.25, 0.3) is 5.91 Å². The summed E-state index contributed by atoms with van der Waals surface area (Å²) < 4.78 is 13.4. The molecule has 0 aromatic carbocycles. The van der Waals surface area contributed by atoms with Crippen molar-refractivity contribution in [2.75, 3.05) is 18.9 Å². The summed E-state index contributed by atoms with van der Waals surface area (Å²) in [7, 11) is 0. The van der Waals surface area contributed by atoms with E-state index >= 15 is 0 Å². The molecule has 2 aromatic rings. The molecular formula is C23H31N5O3. The number of nitrogens with zero attached hydrogens (tertiary/aromatic N) is 2. The molecule has 8 heteroatoms. The summed E-state index contributed by atoms with van der Waals surface area (Å²) in [6, 6.07) is 3.76. The smallest absolute Gasteiger partial charge is 0.268 e. The molecule has 0 radical (unpaired) electrons. The van der Waals surface area contributed by atoms with Crippen LogP contribution in [-0.2, 0) is 4.74 Å². The summed E-state index contributed by atoms with van der Waals surface area (Å²) in [6.07, 6.45) is 8.18. The standard InChI is InChI=1S/C23H31N5O3/c1-14(2)28-13-15(12-19(28)22(29)27-16-4-3-5-16)21(25)20-18(24)6-9-26-23(20)31-17-7-10-30-11-8-17/h6,9,12-14,16-17,25H,3-5,7-8,10-11H2,1-2H3,(H2,24,26)(H,27,29). The number of carbonyl (C=O) groups excluding carboxylic acids is 1. The van der Waals surface area contributed by atoms with E-state index in [0.29, 0.717) is 41.6 Å². The van der Waals surface area contributed by atoms with Crippen molar-refractivity contribution in [1.82, 2.24) is 14.9 Å². The van der Waals surface area contributed by atoms with Crippen molar-refractivity contribution < 1.29 is 14.3 Å². The average Bonchev–Trinajstić information content (AvgIpc) is 3.17. The van der Waals surface area contributed by atoms with Gasteiger partial charge in [0.1, 0.15) is 11.8 Å². The predicted octanol–water partition coefficient (Wildman–Crippen LogP) is 3.30. The van der Waals surface area contributed by atoms with Crippen molar-refractivity contribution in [3.8, 4) is 5.88 Å². The number of amides is 1. The number of rotatable bonds is 7. The van der Waals surface area contributed by atoms with Crippen LogP contribution in [0.2, 0.25) is 0 Å². The first-order valence-corrected chi connectivity index (χ1v) is 11.0. The Hall–Kier alpha value is -2.87. The average molecular weight is 426 g/mol. The molecule has 2 aromatic heterocycles. The second-order valence-electron chi connectivity index (χ2n) is 8.60. The highest BCUT2D eigenvalue weighted by molar-refractivity contribution is 6.16. The summed E-state index contributed by atoms with van der Waals surface area (Å²) in [5, 5.41) is 12.0. The quantitative estimate of drug-likeness (QED) is 0.589. The van der Waals surface area contributed by atoms with E-state index in [0.717, 1.165) is 32.1 Å². The van der Waals surface area contributed by atoms with Crippen LogP contribution in [-0.4, -0.2) is 46.5 Å². The Morgan fingerprint density at radius 2 is 2.06 bits per heavy atom. The molecular weight excluding hydrogens is 394 g/mol. The van der Waals surface area contributed by atoms with E-state index in [1.165, 1.54) is 0 Å². The Bertz CT molecular complexity index is 958. The number of ether oxygens (including phenoxy) is 2. The van der Waals surface area contributed by atoms with Crippen molar-refractivity contribution in [3.63, 3.8) is 0 Å². The third-order valence-electron chi connectivity index (χ3n) is 6.01. The van der Waals surface area contributed by atoms with Gasteiger partial charge in [-0.05, 0) is 45.2 Å². The molecule has 0 atom stereocenters. The van der Waals surface area contributed by atoms with Gasteiger partial charge in [0.15, 0.2) is 0 Å². The molecule has 3 heterocycles. The van der Waals surface area contributed by atoms with E-state index in [2.05, 4.69) is 10.3 Å². The van der Waals surface area contributed by atoms with Crippen LogP contribution in [0.1, 0.15) is 73.6 Å². The predicted molar refractivity (Wildman–Crippen MR) is 119 cm³/mol. The maximum Gasteiger partial charge on any atom is 0.268 e. The van der Waals surface area contributed by atoms with Crippen LogP contribution in [0.4, 0.5) is 5.69 Å². The van der Waals surface area contributed by atoms with E-state index in [1.54, 1.807) is 18.3 Å². The molecule has 0 unspecified atom stereocenters. The lowest BCUT2D eigenvalue weighted by Crippen LogP contribution is -2.40. The van der Waals surface area contributed by atoms with Crippen molar-refractivity contribution in [2.45, 2.75) is 64.1 Å². The molecule has 0 bridgehead atoms. The van der Waals surface area contributed by atoms with Crippen molar-refractivity contribution in [3.05, 3.63) is 41.3 Å². The van der Waals surface area contributed by atoms with Crippen LogP contribution in [0.5, 0.6) is 5.88 Å². The van der Waals surface area contributed by atoms with Crippen LogP contribution < -0.4 is 15.8 Å². The minimum atomic E-state index is -0.102. The zero-order valence-corrected chi connectivity index (χ0v) is 18.2. The lowest BCUT2D eigenvalue weighted by Gasteiger charge is -2.26. The summed E-state index contributed by atoms with van der Waals surface area (Å²) in [4.78, 5) is 17.2. The molecule has 1 saturated heterocycles. The first kappa shape index (κ1) is 21.4. The minimum Gasteiger partial charge on any atom is -0.474 e. The fourth-order valence-electron chi connectivity index (χ4n) is 3.93. The molecule has 166 valence electrons. The monoisotopic (exact) mass is 425 g/mol. The highest BCUT2D eigenvalue weighted by Crippen LogP contribution is 2.29. The maximum absolute atomic E-state index is 12.9. The van der Waals surface area contributed by atoms with E-state index in [-0.39, 0.29) is 29.8 Å². The van der Waals surface area contributed by atoms with Gasteiger partial charge in [0.2, 0.25) is 5.88 Å². The molecule has 2 fully saturated rings. The van der Waals surface area contributed by atoms with Gasteiger partial charge >= 0.3 is 0 Å². The molecule has 1 saturated carbocycles. The van der Waals surface area contributed by atoms with E-state index in [9.17, 15) is 4.79 Å². The fourth-order valence-corrected chi connectivity index (χ4v) is 3.93. The van der Waals surface area contributed by atoms with Gasteiger partial charge in [-0.15, -0.1) is 0 Å². The third-order valence-corrected chi connectivity index (χ3v) is 6.01. The van der Waals surface area contributed by atoms with E-state index in [4.69, 9.17) is 20.6 Å². The van der Waals surface area contributed by atoms with Crippen LogP contribution in [0.15, 0.2) is 24.5 Å². The Labute approximate surface area is 182 Å². The normalized spacial score (nSPS) is 17.4. The van der Waals surface area contributed by atoms with Crippen LogP contribution in [0.25, 0.3) is 0 Å². The molecule has 4 N–H and O–H groups in total. The maximum atomic E-state index is 12.9. The highest BCUT2D eigenvalue weighted by Gasteiger charge is 2.26. The number of pyridine rings is 1. The Morgan fingerprint density at radius 1 is 1.32 bits per heavy atom. The molecule has 1 aliphatic carbocycles. The number of carbonyl (C=O) groups is 1. The van der Waals surface area contributed by atoms with Gasteiger partial charge in [-0.2, -0.15) is 0 Å². The summed E-state index contributed by atoms with van der Waals surface area (Å²) in [5.41, 5.74) is 8.50. The Morgan fingerprint density at radius 3 is 2.71 bits per heavy atom. The molecule has 0 spiro atoms. The Kier molecular flexibility index (Phi) is 6.27. The molecule has 31 heavy (non-hydrogen) atoms. The zero-order chi connectivity index (χ0) is 22.0. The largest absolute Gasteiger partial charge is 0.474 e. The van der Waals surface area contributed by atoms with E-state index < -0.39 is 0 Å². The van der Waals surface area contributed by atoms with Crippen molar-refractivity contribution in [1.29, 1.82) is 5.41 Å². The number of nitrogens with one attached hydrogen (secondary N) is 2.